The fraction of sp³-hybridized carbons (Fsp3) is 0.167. The molecule has 0 aliphatic heterocycles. The van der Waals surface area contributed by atoms with Crippen molar-refractivity contribution in [2.75, 3.05) is 18.3 Å². The number of nitrogens with one attached hydrogen (secondary N) is 2. The summed E-state index contributed by atoms with van der Waals surface area (Å²) in [6, 6.07) is 6.80. The first kappa shape index (κ1) is 14.7. The molecule has 2 rings (SSSR count). The summed E-state index contributed by atoms with van der Waals surface area (Å²) in [5, 5.41) is 29.1. The summed E-state index contributed by atoms with van der Waals surface area (Å²) in [4.78, 5) is 4.07. The van der Waals surface area contributed by atoms with Gasteiger partial charge in [-0.05, 0) is 18.2 Å². The van der Waals surface area contributed by atoms with E-state index in [2.05, 4.69) is 25.7 Å². The van der Waals surface area contributed by atoms with Gasteiger partial charge in [-0.25, -0.2) is 10.5 Å². The van der Waals surface area contributed by atoms with Gasteiger partial charge in [0.1, 0.15) is 11.5 Å². The Morgan fingerprint density at radius 1 is 1.62 bits per heavy atom. The smallest absolute Gasteiger partial charge is 0.240 e. The second kappa shape index (κ2) is 7.16. The number of nitriles is 1. The zero-order chi connectivity index (χ0) is 15.1. The van der Waals surface area contributed by atoms with Gasteiger partial charge in [0, 0.05) is 5.56 Å². The topological polar surface area (TPSA) is 119 Å². The molecule has 3 N–H and O–H groups in total. The van der Waals surface area contributed by atoms with Crippen LogP contribution in [0.5, 0.6) is 11.5 Å². The van der Waals surface area contributed by atoms with Crippen LogP contribution >= 0.6 is 11.8 Å². The molecule has 0 aliphatic carbocycles. The number of hydrogen-bond acceptors (Lipinski definition) is 8. The maximum Gasteiger partial charge on any atom is 0.240 e. The first-order valence-corrected chi connectivity index (χ1v) is 6.79. The van der Waals surface area contributed by atoms with Crippen molar-refractivity contribution in [3.8, 4) is 17.6 Å². The Morgan fingerprint density at radius 3 is 3.24 bits per heavy atom. The number of thioether (sulfide) groups is 1. The number of hydrazone groups is 1. The summed E-state index contributed by atoms with van der Waals surface area (Å²) in [5.41, 5.74) is 3.15. The quantitative estimate of drug-likeness (QED) is 0.421. The molecular formula is C12H12N6O2S. The van der Waals surface area contributed by atoms with Gasteiger partial charge < -0.3 is 9.84 Å². The fourth-order valence-electron chi connectivity index (χ4n) is 1.38. The molecule has 1 aromatic heterocycles. The van der Waals surface area contributed by atoms with E-state index in [1.165, 1.54) is 24.0 Å². The van der Waals surface area contributed by atoms with Crippen molar-refractivity contribution in [2.24, 2.45) is 5.10 Å². The number of methoxy groups -OCH3 is 1. The molecule has 0 atom stereocenters. The maximum absolute atomic E-state index is 9.68. The average Bonchev–Trinajstić information content (AvgIpc) is 2.95. The number of nitrogens with zero attached hydrogens (tertiary/aromatic N) is 4. The van der Waals surface area contributed by atoms with E-state index in [1.807, 2.05) is 6.07 Å². The van der Waals surface area contributed by atoms with E-state index < -0.39 is 0 Å². The Kier molecular flexibility index (Phi) is 5.00. The predicted octanol–water partition coefficient (Wildman–Crippen LogP) is 1.58. The number of hydrogen-bond donors (Lipinski definition) is 3. The highest BCUT2D eigenvalue weighted by Gasteiger charge is 2.03. The van der Waals surface area contributed by atoms with E-state index in [1.54, 1.807) is 19.2 Å². The van der Waals surface area contributed by atoms with Gasteiger partial charge in [-0.2, -0.15) is 15.3 Å². The lowest BCUT2D eigenvalue weighted by Gasteiger charge is -2.02. The van der Waals surface area contributed by atoms with Crippen molar-refractivity contribution in [1.29, 1.82) is 5.26 Å². The minimum Gasteiger partial charge on any atom is -0.507 e. The van der Waals surface area contributed by atoms with Crippen molar-refractivity contribution in [3.63, 3.8) is 0 Å². The predicted molar refractivity (Wildman–Crippen MR) is 78.6 cm³/mol. The van der Waals surface area contributed by atoms with E-state index in [-0.39, 0.29) is 11.5 Å². The zero-order valence-electron chi connectivity index (χ0n) is 11.1. The van der Waals surface area contributed by atoms with E-state index in [9.17, 15) is 5.11 Å². The molecule has 108 valence electrons. The Bertz CT molecular complexity index is 679. The Labute approximate surface area is 124 Å². The minimum atomic E-state index is 0.0872. The van der Waals surface area contributed by atoms with Crippen LogP contribution in [0.1, 0.15) is 5.56 Å². The lowest BCUT2D eigenvalue weighted by atomic mass is 10.2. The number of benzene rings is 1. The first-order chi connectivity index (χ1) is 10.2. The molecule has 9 heteroatoms. The SMILES string of the molecule is COc1ccc(O)c(/C=N/Nc2nc(SCC#N)n[nH]2)c1. The Balaban J connectivity index is 1.99. The molecule has 0 aliphatic rings. The third-order valence-corrected chi connectivity index (χ3v) is 3.05. The third-order valence-electron chi connectivity index (χ3n) is 2.34. The largest absolute Gasteiger partial charge is 0.507 e. The van der Waals surface area contributed by atoms with Crippen molar-refractivity contribution < 1.29 is 9.84 Å². The van der Waals surface area contributed by atoms with Gasteiger partial charge >= 0.3 is 0 Å². The molecule has 0 radical (unpaired) electrons. The lowest BCUT2D eigenvalue weighted by molar-refractivity contribution is 0.412. The minimum absolute atomic E-state index is 0.0872. The number of aromatic hydroxyl groups is 1. The van der Waals surface area contributed by atoms with Crippen LogP contribution in [0.2, 0.25) is 0 Å². The number of rotatable bonds is 6. The summed E-state index contributed by atoms with van der Waals surface area (Å²) in [5.74, 6) is 1.32. The average molecular weight is 304 g/mol. The number of aromatic nitrogens is 3. The van der Waals surface area contributed by atoms with Gasteiger partial charge in [0.25, 0.3) is 0 Å². The van der Waals surface area contributed by atoms with E-state index in [4.69, 9.17) is 10.00 Å². The monoisotopic (exact) mass is 304 g/mol. The van der Waals surface area contributed by atoms with Crippen LogP contribution in [-0.4, -0.2) is 39.4 Å². The highest BCUT2D eigenvalue weighted by molar-refractivity contribution is 7.99. The number of phenolic OH excluding ortho intramolecular Hbond substituents is 1. The molecule has 1 aromatic carbocycles. The molecule has 0 saturated carbocycles. The molecule has 0 spiro atoms. The van der Waals surface area contributed by atoms with E-state index >= 15 is 0 Å². The van der Waals surface area contributed by atoms with Crippen LogP contribution in [0, 0.1) is 11.3 Å². The summed E-state index contributed by atoms with van der Waals surface area (Å²) >= 11 is 1.22. The molecule has 0 fully saturated rings. The highest BCUT2D eigenvalue weighted by atomic mass is 32.2. The number of ether oxygens (including phenoxy) is 1. The summed E-state index contributed by atoms with van der Waals surface area (Å²) < 4.78 is 5.06. The van der Waals surface area contributed by atoms with Gasteiger partial charge in [0.2, 0.25) is 11.1 Å². The van der Waals surface area contributed by atoms with Crippen molar-refractivity contribution in [3.05, 3.63) is 23.8 Å². The second-order valence-corrected chi connectivity index (χ2v) is 4.65. The maximum atomic E-state index is 9.68. The van der Waals surface area contributed by atoms with Gasteiger partial charge in [0.05, 0.1) is 25.1 Å². The molecule has 1 heterocycles. The molecule has 0 amide bonds. The summed E-state index contributed by atoms with van der Waals surface area (Å²) in [7, 11) is 1.54. The van der Waals surface area contributed by atoms with E-state index in [0.717, 1.165) is 0 Å². The van der Waals surface area contributed by atoms with Crippen LogP contribution in [0.3, 0.4) is 0 Å². The molecule has 8 nitrogen and oxygen atoms in total. The van der Waals surface area contributed by atoms with Gasteiger partial charge in [-0.3, -0.25) is 0 Å². The standard InChI is InChI=1S/C12H12N6O2S/c1-20-9-2-3-10(19)8(6-9)7-14-16-11-15-12(18-17-11)21-5-4-13/h2-3,6-7,19H,5H2,1H3,(H2,15,16,17,18)/b14-7+. The van der Waals surface area contributed by atoms with Gasteiger partial charge in [-0.1, -0.05) is 11.8 Å². The number of H-pyrrole nitrogens is 1. The number of phenols is 1. The van der Waals surface area contributed by atoms with Crippen molar-refractivity contribution in [1.82, 2.24) is 15.2 Å². The Hall–Kier alpha value is -2.73. The number of anilines is 1. The first-order valence-electron chi connectivity index (χ1n) is 5.81. The normalized spacial score (nSPS) is 10.5. The van der Waals surface area contributed by atoms with Crippen LogP contribution in [-0.2, 0) is 0 Å². The third kappa shape index (κ3) is 4.12. The van der Waals surface area contributed by atoms with Crippen LogP contribution in [0.4, 0.5) is 5.95 Å². The molecule has 0 bridgehead atoms. The highest BCUT2D eigenvalue weighted by Crippen LogP contribution is 2.21. The summed E-state index contributed by atoms with van der Waals surface area (Å²) in [6.07, 6.45) is 1.43. The van der Waals surface area contributed by atoms with Crippen molar-refractivity contribution >= 4 is 23.9 Å². The van der Waals surface area contributed by atoms with Crippen LogP contribution < -0.4 is 10.2 Å². The van der Waals surface area contributed by atoms with Gasteiger partial charge in [-0.15, -0.1) is 5.10 Å². The molecule has 21 heavy (non-hydrogen) atoms. The lowest BCUT2D eigenvalue weighted by Crippen LogP contribution is -1.93. The summed E-state index contributed by atoms with van der Waals surface area (Å²) in [6.45, 7) is 0. The molecule has 2 aromatic rings. The van der Waals surface area contributed by atoms with Crippen molar-refractivity contribution in [2.45, 2.75) is 5.16 Å². The second-order valence-electron chi connectivity index (χ2n) is 3.71. The Morgan fingerprint density at radius 2 is 2.48 bits per heavy atom. The van der Waals surface area contributed by atoms with Crippen LogP contribution in [0.25, 0.3) is 0 Å². The molecule has 0 saturated heterocycles. The van der Waals surface area contributed by atoms with Gasteiger partial charge in [0.15, 0.2) is 0 Å². The zero-order valence-corrected chi connectivity index (χ0v) is 11.9. The number of aromatic amines is 1. The van der Waals surface area contributed by atoms with Crippen LogP contribution in [0.15, 0.2) is 28.5 Å². The molecular weight excluding hydrogens is 292 g/mol. The molecule has 0 unspecified atom stereocenters. The fourth-order valence-corrected chi connectivity index (χ4v) is 1.84. The van der Waals surface area contributed by atoms with E-state index in [0.29, 0.717) is 22.4 Å².